The van der Waals surface area contributed by atoms with Gasteiger partial charge in [-0.3, -0.25) is 9.20 Å². The Morgan fingerprint density at radius 3 is 2.96 bits per heavy atom. The molecule has 0 fully saturated rings. The number of hydrogen-bond donors (Lipinski definition) is 1. The second-order valence-corrected chi connectivity index (χ2v) is 5.46. The van der Waals surface area contributed by atoms with Crippen molar-refractivity contribution in [3.05, 3.63) is 47.1 Å². The van der Waals surface area contributed by atoms with Crippen LogP contribution in [-0.2, 0) is 4.79 Å². The maximum Gasteiger partial charge on any atom is 0.322 e. The monoisotopic (exact) mass is 346 g/mol. The number of nitrogens with zero attached hydrogens (tertiary/aromatic N) is 3. The summed E-state index contributed by atoms with van der Waals surface area (Å²) in [5, 5.41) is 11.2. The summed E-state index contributed by atoms with van der Waals surface area (Å²) in [5.74, 6) is 0.134. The number of aryl methyl sites for hydroxylation is 1. The van der Waals surface area contributed by atoms with Crippen LogP contribution in [0.1, 0.15) is 5.56 Å². The molecule has 0 aliphatic carbocycles. The van der Waals surface area contributed by atoms with Crippen LogP contribution < -0.4 is 14.8 Å². The zero-order valence-corrected chi connectivity index (χ0v) is 13.9. The fourth-order valence-corrected chi connectivity index (χ4v) is 2.32. The number of methoxy groups -OCH3 is 1. The van der Waals surface area contributed by atoms with Gasteiger partial charge in [0.1, 0.15) is 5.75 Å². The smallest absolute Gasteiger partial charge is 0.322 e. The molecule has 0 unspecified atom stereocenters. The molecule has 0 radical (unpaired) electrons. The van der Waals surface area contributed by atoms with Gasteiger partial charge in [0.15, 0.2) is 12.3 Å². The number of anilines is 1. The molecule has 0 aliphatic rings. The minimum absolute atomic E-state index is 0.208. The number of pyridine rings is 1. The van der Waals surface area contributed by atoms with Crippen LogP contribution >= 0.6 is 11.6 Å². The van der Waals surface area contributed by atoms with Gasteiger partial charge in [0.25, 0.3) is 5.91 Å². The van der Waals surface area contributed by atoms with Gasteiger partial charge in [0.05, 0.1) is 12.8 Å². The van der Waals surface area contributed by atoms with E-state index in [1.165, 1.54) is 7.11 Å². The lowest BCUT2D eigenvalue weighted by molar-refractivity contribution is -0.118. The summed E-state index contributed by atoms with van der Waals surface area (Å²) in [6.07, 6.45) is 1.76. The molecular formula is C16H15ClN4O3. The number of carbonyl (C=O) groups is 1. The third-order valence-electron chi connectivity index (χ3n) is 3.37. The van der Waals surface area contributed by atoms with Crippen LogP contribution in [0, 0.1) is 6.92 Å². The van der Waals surface area contributed by atoms with Crippen molar-refractivity contribution < 1.29 is 14.3 Å². The maximum atomic E-state index is 12.1. The normalized spacial score (nSPS) is 10.6. The minimum Gasteiger partial charge on any atom is -0.495 e. The van der Waals surface area contributed by atoms with Crippen molar-refractivity contribution in [2.75, 3.05) is 19.0 Å². The minimum atomic E-state index is -0.345. The Balaban J connectivity index is 1.69. The summed E-state index contributed by atoms with van der Waals surface area (Å²) in [6, 6.07) is 9.10. The summed E-state index contributed by atoms with van der Waals surface area (Å²) >= 11 is 6.05. The predicted octanol–water partition coefficient (Wildman–Crippen LogP) is 2.72. The van der Waals surface area contributed by atoms with Gasteiger partial charge in [0, 0.05) is 17.3 Å². The van der Waals surface area contributed by atoms with E-state index in [4.69, 9.17) is 21.1 Å². The molecule has 0 saturated heterocycles. The van der Waals surface area contributed by atoms with Crippen molar-refractivity contribution in [1.82, 2.24) is 14.6 Å². The van der Waals surface area contributed by atoms with Crippen LogP contribution in [0.3, 0.4) is 0 Å². The van der Waals surface area contributed by atoms with Crippen LogP contribution in [-0.4, -0.2) is 34.2 Å². The summed E-state index contributed by atoms with van der Waals surface area (Å²) in [6.45, 7) is 1.64. The molecule has 0 spiro atoms. The van der Waals surface area contributed by atoms with Crippen molar-refractivity contribution in [2.45, 2.75) is 6.92 Å². The molecule has 1 amide bonds. The van der Waals surface area contributed by atoms with Crippen molar-refractivity contribution in [3.8, 4) is 11.8 Å². The van der Waals surface area contributed by atoms with Crippen molar-refractivity contribution in [2.24, 2.45) is 0 Å². The highest BCUT2D eigenvalue weighted by atomic mass is 35.5. The molecule has 0 saturated carbocycles. The van der Waals surface area contributed by atoms with Gasteiger partial charge in [-0.1, -0.05) is 22.8 Å². The van der Waals surface area contributed by atoms with Gasteiger partial charge in [-0.15, -0.1) is 5.10 Å². The summed E-state index contributed by atoms with van der Waals surface area (Å²) in [7, 11) is 1.51. The molecule has 2 heterocycles. The topological polar surface area (TPSA) is 77.8 Å². The van der Waals surface area contributed by atoms with E-state index in [2.05, 4.69) is 15.5 Å². The Morgan fingerprint density at radius 2 is 2.17 bits per heavy atom. The Bertz CT molecular complexity index is 894. The Morgan fingerprint density at radius 1 is 1.33 bits per heavy atom. The molecule has 124 valence electrons. The SMILES string of the molecule is COc1cc(Cl)c(C)cc1NC(=O)COc1nnc2ccccn12. The summed E-state index contributed by atoms with van der Waals surface area (Å²) in [5.41, 5.74) is 2.00. The third-order valence-corrected chi connectivity index (χ3v) is 3.78. The van der Waals surface area contributed by atoms with E-state index in [1.807, 2.05) is 19.1 Å². The highest BCUT2D eigenvalue weighted by molar-refractivity contribution is 6.31. The highest BCUT2D eigenvalue weighted by Crippen LogP contribution is 2.30. The fourth-order valence-electron chi connectivity index (χ4n) is 2.16. The zero-order chi connectivity index (χ0) is 17.1. The lowest BCUT2D eigenvalue weighted by Crippen LogP contribution is -2.21. The number of hydrogen-bond acceptors (Lipinski definition) is 5. The largest absolute Gasteiger partial charge is 0.495 e. The Kier molecular flexibility index (Phi) is 4.52. The average molecular weight is 347 g/mol. The number of halogens is 1. The van der Waals surface area contributed by atoms with Crippen molar-refractivity contribution in [3.63, 3.8) is 0 Å². The lowest BCUT2D eigenvalue weighted by atomic mass is 10.2. The molecule has 7 nitrogen and oxygen atoms in total. The number of fused-ring (bicyclic) bond motifs is 1. The van der Waals surface area contributed by atoms with Crippen molar-refractivity contribution in [1.29, 1.82) is 0 Å². The van der Waals surface area contributed by atoms with Crippen LogP contribution in [0.5, 0.6) is 11.8 Å². The highest BCUT2D eigenvalue weighted by Gasteiger charge is 2.12. The first-order valence-electron chi connectivity index (χ1n) is 7.15. The van der Waals surface area contributed by atoms with Crippen LogP contribution in [0.25, 0.3) is 5.65 Å². The maximum absolute atomic E-state index is 12.1. The van der Waals surface area contributed by atoms with Gasteiger partial charge >= 0.3 is 6.01 Å². The lowest BCUT2D eigenvalue weighted by Gasteiger charge is -2.12. The molecule has 0 aliphatic heterocycles. The summed E-state index contributed by atoms with van der Waals surface area (Å²) < 4.78 is 12.3. The molecule has 24 heavy (non-hydrogen) atoms. The number of amides is 1. The standard InChI is InChI=1S/C16H15ClN4O3/c1-10-7-12(13(23-2)8-11(10)17)18-15(22)9-24-16-20-19-14-5-3-4-6-21(14)16/h3-8H,9H2,1-2H3,(H,18,22). The van der Waals surface area contributed by atoms with E-state index in [0.717, 1.165) is 5.56 Å². The Labute approximate surface area is 143 Å². The van der Waals surface area contributed by atoms with E-state index in [-0.39, 0.29) is 18.5 Å². The quantitative estimate of drug-likeness (QED) is 0.768. The van der Waals surface area contributed by atoms with E-state index >= 15 is 0 Å². The zero-order valence-electron chi connectivity index (χ0n) is 13.1. The van der Waals surface area contributed by atoms with Gasteiger partial charge in [-0.2, -0.15) is 0 Å². The molecule has 0 bridgehead atoms. The van der Waals surface area contributed by atoms with E-state index in [1.54, 1.807) is 28.8 Å². The van der Waals surface area contributed by atoms with Gasteiger partial charge < -0.3 is 14.8 Å². The van der Waals surface area contributed by atoms with E-state index in [9.17, 15) is 4.79 Å². The molecule has 2 aromatic heterocycles. The van der Waals surface area contributed by atoms with Crippen LogP contribution in [0.2, 0.25) is 5.02 Å². The number of nitrogens with one attached hydrogen (secondary N) is 1. The third kappa shape index (κ3) is 3.26. The molecule has 1 aromatic carbocycles. The molecule has 3 rings (SSSR count). The molecule has 8 heteroatoms. The molecular weight excluding hydrogens is 332 g/mol. The first kappa shape index (κ1) is 16.1. The van der Waals surface area contributed by atoms with E-state index in [0.29, 0.717) is 22.1 Å². The van der Waals surface area contributed by atoms with E-state index < -0.39 is 0 Å². The second kappa shape index (κ2) is 6.76. The molecule has 3 aromatic rings. The number of benzene rings is 1. The van der Waals surface area contributed by atoms with Crippen molar-refractivity contribution >= 4 is 28.8 Å². The second-order valence-electron chi connectivity index (χ2n) is 5.05. The number of rotatable bonds is 5. The number of carbonyl (C=O) groups excluding carboxylic acids is 1. The van der Waals surface area contributed by atoms with Gasteiger partial charge in [0.2, 0.25) is 0 Å². The van der Waals surface area contributed by atoms with Gasteiger partial charge in [-0.05, 0) is 30.7 Å². The first-order chi connectivity index (χ1) is 11.6. The summed E-state index contributed by atoms with van der Waals surface area (Å²) in [4.78, 5) is 12.1. The number of ether oxygens (including phenoxy) is 2. The average Bonchev–Trinajstić information content (AvgIpc) is 2.99. The Hall–Kier alpha value is -2.80. The number of aromatic nitrogens is 3. The predicted molar refractivity (Wildman–Crippen MR) is 89.9 cm³/mol. The molecule has 0 atom stereocenters. The van der Waals surface area contributed by atoms with Crippen LogP contribution in [0.4, 0.5) is 5.69 Å². The fraction of sp³-hybridized carbons (Fsp3) is 0.188. The van der Waals surface area contributed by atoms with Gasteiger partial charge in [-0.25, -0.2) is 0 Å². The molecule has 1 N–H and O–H groups in total. The first-order valence-corrected chi connectivity index (χ1v) is 7.53. The van der Waals surface area contributed by atoms with Crippen LogP contribution in [0.15, 0.2) is 36.5 Å².